The highest BCUT2D eigenvalue weighted by Crippen LogP contribution is 2.42. The first-order chi connectivity index (χ1) is 10.6. The van der Waals surface area contributed by atoms with Crippen LogP contribution in [0.4, 0.5) is 0 Å². The molecular weight excluding hydrogens is 280 g/mol. The average Bonchev–Trinajstić information content (AvgIpc) is 2.92. The summed E-state index contributed by atoms with van der Waals surface area (Å²) < 4.78 is 0. The number of nitrogens with one attached hydrogen (secondary N) is 1. The van der Waals surface area contributed by atoms with Gasteiger partial charge in [0, 0.05) is 35.6 Å². The van der Waals surface area contributed by atoms with E-state index in [1.54, 1.807) is 4.90 Å². The number of carbonyl (C=O) groups is 2. The minimum atomic E-state index is -0.769. The van der Waals surface area contributed by atoms with E-state index in [0.29, 0.717) is 6.54 Å². The number of H-pyrrole nitrogens is 1. The lowest BCUT2D eigenvalue weighted by molar-refractivity contribution is -0.139. The molecule has 1 amide bonds. The molecule has 1 aromatic heterocycles. The van der Waals surface area contributed by atoms with Gasteiger partial charge in [-0.2, -0.15) is 0 Å². The first kappa shape index (κ1) is 14.6. The van der Waals surface area contributed by atoms with E-state index in [2.05, 4.69) is 11.9 Å². The number of carboxylic acids is 1. The quantitative estimate of drug-likeness (QED) is 0.853. The highest BCUT2D eigenvalue weighted by Gasteiger charge is 2.37. The van der Waals surface area contributed by atoms with Crippen LogP contribution in [0.3, 0.4) is 0 Å². The summed E-state index contributed by atoms with van der Waals surface area (Å²) in [4.78, 5) is 27.6. The number of hydrogen-bond acceptors (Lipinski definition) is 2. The molecule has 2 aromatic rings. The highest BCUT2D eigenvalue weighted by molar-refractivity contribution is 5.84. The molecule has 1 aromatic carbocycles. The van der Waals surface area contributed by atoms with Crippen molar-refractivity contribution in [2.24, 2.45) is 11.8 Å². The third-order valence-electron chi connectivity index (χ3n) is 4.87. The number of amides is 1. The molecule has 0 spiro atoms. The minimum absolute atomic E-state index is 0.0771. The fourth-order valence-corrected chi connectivity index (χ4v) is 3.71. The Hall–Kier alpha value is -2.30. The van der Waals surface area contributed by atoms with Gasteiger partial charge in [0.2, 0.25) is 6.41 Å². The van der Waals surface area contributed by atoms with Crippen LogP contribution in [-0.2, 0) is 9.59 Å². The van der Waals surface area contributed by atoms with Crippen molar-refractivity contribution in [1.82, 2.24) is 9.88 Å². The van der Waals surface area contributed by atoms with Crippen LogP contribution >= 0.6 is 0 Å². The first-order valence-corrected chi connectivity index (χ1v) is 7.60. The molecule has 1 aliphatic rings. The fraction of sp³-hybridized carbons (Fsp3) is 0.412. The molecule has 5 heteroatoms. The summed E-state index contributed by atoms with van der Waals surface area (Å²) in [7, 11) is 0. The summed E-state index contributed by atoms with van der Waals surface area (Å²) in [5, 5.41) is 10.2. The van der Waals surface area contributed by atoms with E-state index in [0.717, 1.165) is 29.3 Å². The lowest BCUT2D eigenvalue weighted by Crippen LogP contribution is -2.42. The van der Waals surface area contributed by atoms with E-state index in [1.165, 1.54) is 0 Å². The zero-order valence-electron chi connectivity index (χ0n) is 12.5. The number of piperidine rings is 1. The van der Waals surface area contributed by atoms with Crippen molar-refractivity contribution in [3.05, 3.63) is 36.0 Å². The van der Waals surface area contributed by atoms with Crippen LogP contribution in [0.25, 0.3) is 10.9 Å². The van der Waals surface area contributed by atoms with Gasteiger partial charge in [-0.3, -0.25) is 9.59 Å². The lowest BCUT2D eigenvalue weighted by Gasteiger charge is -2.42. The van der Waals surface area contributed by atoms with Gasteiger partial charge in [-0.15, -0.1) is 0 Å². The first-order valence-electron chi connectivity index (χ1n) is 7.60. The Kier molecular flexibility index (Phi) is 3.88. The van der Waals surface area contributed by atoms with Gasteiger partial charge >= 0.3 is 5.97 Å². The molecule has 3 atom stereocenters. The summed E-state index contributed by atoms with van der Waals surface area (Å²) in [6.45, 7) is 2.66. The van der Waals surface area contributed by atoms with E-state index in [4.69, 9.17) is 5.11 Å². The number of benzene rings is 1. The summed E-state index contributed by atoms with van der Waals surface area (Å²) in [5.74, 6) is -0.573. The predicted molar refractivity (Wildman–Crippen MR) is 83.3 cm³/mol. The van der Waals surface area contributed by atoms with Crippen molar-refractivity contribution in [1.29, 1.82) is 0 Å². The van der Waals surface area contributed by atoms with Crippen LogP contribution in [0.5, 0.6) is 0 Å². The molecule has 2 heterocycles. The number of fused-ring (bicyclic) bond motifs is 1. The molecule has 2 N–H and O–H groups in total. The standard InChI is InChI=1S/C17H20N2O3/c1-11-12(8-16(21)22)6-7-19(10-20)17(11)14-9-18-15-5-3-2-4-13(14)15/h2-5,9-12,17-18H,6-8H2,1H3,(H,21,22)/t11-,12-,17-/m0/s1. The van der Waals surface area contributed by atoms with Crippen LogP contribution in [0.2, 0.25) is 0 Å². The Labute approximate surface area is 128 Å². The molecular formula is C17H20N2O3. The van der Waals surface area contributed by atoms with Gasteiger partial charge in [0.15, 0.2) is 0 Å². The van der Waals surface area contributed by atoms with Gasteiger partial charge in [-0.1, -0.05) is 25.1 Å². The van der Waals surface area contributed by atoms with Crippen molar-refractivity contribution >= 4 is 23.3 Å². The molecule has 116 valence electrons. The van der Waals surface area contributed by atoms with Crippen molar-refractivity contribution in [3.8, 4) is 0 Å². The monoisotopic (exact) mass is 300 g/mol. The number of nitrogens with zero attached hydrogens (tertiary/aromatic N) is 1. The summed E-state index contributed by atoms with van der Waals surface area (Å²) >= 11 is 0. The molecule has 22 heavy (non-hydrogen) atoms. The second-order valence-electron chi connectivity index (χ2n) is 6.08. The molecule has 0 saturated carbocycles. The number of aromatic amines is 1. The maximum Gasteiger partial charge on any atom is 0.303 e. The lowest BCUT2D eigenvalue weighted by atomic mass is 9.76. The van der Waals surface area contributed by atoms with Crippen LogP contribution < -0.4 is 0 Å². The predicted octanol–water partition coefficient (Wildman–Crippen LogP) is 2.80. The largest absolute Gasteiger partial charge is 0.481 e. The number of aromatic nitrogens is 1. The third kappa shape index (κ3) is 2.47. The van der Waals surface area contributed by atoms with E-state index in [-0.39, 0.29) is 24.3 Å². The second-order valence-corrected chi connectivity index (χ2v) is 6.08. The Morgan fingerprint density at radius 1 is 1.45 bits per heavy atom. The normalized spacial score (nSPS) is 25.3. The topological polar surface area (TPSA) is 73.4 Å². The average molecular weight is 300 g/mol. The van der Waals surface area contributed by atoms with Gasteiger partial charge in [-0.05, 0) is 24.3 Å². The molecule has 0 radical (unpaired) electrons. The highest BCUT2D eigenvalue weighted by atomic mass is 16.4. The minimum Gasteiger partial charge on any atom is -0.481 e. The molecule has 3 rings (SSSR count). The van der Waals surface area contributed by atoms with Gasteiger partial charge in [0.1, 0.15) is 0 Å². The maximum atomic E-state index is 11.5. The molecule has 0 unspecified atom stereocenters. The van der Waals surface area contributed by atoms with Gasteiger partial charge in [0.05, 0.1) is 6.04 Å². The third-order valence-corrected chi connectivity index (χ3v) is 4.87. The van der Waals surface area contributed by atoms with E-state index >= 15 is 0 Å². The SMILES string of the molecule is C[C@H]1[C@H](CC(=O)O)CCN(C=O)[C@@H]1c1c[nH]c2ccccc12. The second kappa shape index (κ2) is 5.83. The Bertz CT molecular complexity index is 694. The Balaban J connectivity index is 2.00. The molecule has 1 saturated heterocycles. The number of hydrogen-bond donors (Lipinski definition) is 2. The van der Waals surface area contributed by atoms with Crippen molar-refractivity contribution < 1.29 is 14.7 Å². The number of para-hydroxylation sites is 1. The van der Waals surface area contributed by atoms with Gasteiger partial charge in [-0.25, -0.2) is 0 Å². The molecule has 0 bridgehead atoms. The summed E-state index contributed by atoms with van der Waals surface area (Å²) in [6.07, 6.45) is 3.74. The zero-order chi connectivity index (χ0) is 15.7. The van der Waals surface area contributed by atoms with Gasteiger partial charge < -0.3 is 15.0 Å². The van der Waals surface area contributed by atoms with Crippen LogP contribution in [0.1, 0.15) is 31.4 Å². The molecule has 1 fully saturated rings. The van der Waals surface area contributed by atoms with E-state index in [1.807, 2.05) is 30.5 Å². The maximum absolute atomic E-state index is 11.5. The zero-order valence-corrected chi connectivity index (χ0v) is 12.5. The number of carbonyl (C=O) groups excluding carboxylic acids is 1. The summed E-state index contributed by atoms with van der Waals surface area (Å²) in [6, 6.07) is 7.92. The number of rotatable bonds is 4. The number of likely N-dealkylation sites (tertiary alicyclic amines) is 1. The smallest absolute Gasteiger partial charge is 0.303 e. The molecule has 5 nitrogen and oxygen atoms in total. The van der Waals surface area contributed by atoms with Crippen molar-refractivity contribution in [3.63, 3.8) is 0 Å². The number of carboxylic acid groups (broad SMARTS) is 1. The van der Waals surface area contributed by atoms with E-state index in [9.17, 15) is 9.59 Å². The van der Waals surface area contributed by atoms with Crippen molar-refractivity contribution in [2.45, 2.75) is 25.8 Å². The fourth-order valence-electron chi connectivity index (χ4n) is 3.71. The Morgan fingerprint density at radius 2 is 2.23 bits per heavy atom. The van der Waals surface area contributed by atoms with E-state index < -0.39 is 5.97 Å². The van der Waals surface area contributed by atoms with Crippen LogP contribution in [0, 0.1) is 11.8 Å². The van der Waals surface area contributed by atoms with Crippen LogP contribution in [0.15, 0.2) is 30.5 Å². The van der Waals surface area contributed by atoms with Crippen molar-refractivity contribution in [2.75, 3.05) is 6.54 Å². The molecule has 1 aliphatic heterocycles. The van der Waals surface area contributed by atoms with Gasteiger partial charge in [0.25, 0.3) is 0 Å². The Morgan fingerprint density at radius 3 is 2.95 bits per heavy atom. The number of aliphatic carboxylic acids is 1. The van der Waals surface area contributed by atoms with Crippen LogP contribution in [-0.4, -0.2) is 33.9 Å². The summed E-state index contributed by atoms with van der Waals surface area (Å²) in [5.41, 5.74) is 2.11. The molecule has 0 aliphatic carbocycles.